The summed E-state index contributed by atoms with van der Waals surface area (Å²) in [7, 11) is 0. The van der Waals surface area contributed by atoms with E-state index in [2.05, 4.69) is 6.58 Å². The van der Waals surface area contributed by atoms with Gasteiger partial charge in [0.1, 0.15) is 0 Å². The average Bonchev–Trinajstić information content (AvgIpc) is 1.36. The Morgan fingerprint density at radius 2 is 2.00 bits per heavy atom. The Morgan fingerprint density at radius 3 is 2.00 bits per heavy atom. The van der Waals surface area contributed by atoms with Crippen molar-refractivity contribution in [3.8, 4) is 0 Å². The van der Waals surface area contributed by atoms with Crippen LogP contribution in [0.5, 0.6) is 0 Å². The van der Waals surface area contributed by atoms with Crippen molar-refractivity contribution >= 4 is 0 Å². The van der Waals surface area contributed by atoms with E-state index >= 15 is 0 Å². The molecule has 0 aliphatic heterocycles. The topological polar surface area (TPSA) is 43.1 Å². The number of allylic oxidation sites excluding steroid dienone is 1. The summed E-state index contributed by atoms with van der Waals surface area (Å²) in [5.74, 6) is 0. The van der Waals surface area contributed by atoms with E-state index in [1.54, 1.807) is 0 Å². The van der Waals surface area contributed by atoms with Gasteiger partial charge in [-0.05, 0) is 6.92 Å². The van der Waals surface area contributed by atoms with Crippen LogP contribution in [-0.2, 0) is 32.7 Å². The fourth-order valence-electron chi connectivity index (χ4n) is 0. The smallest absolute Gasteiger partial charge is 0.0657 e. The third kappa shape index (κ3) is 6.24. The van der Waals surface area contributed by atoms with Crippen molar-refractivity contribution in [3.63, 3.8) is 0 Å². The fourth-order valence-corrected chi connectivity index (χ4v) is 0. The molecule has 0 bridgehead atoms. The van der Waals surface area contributed by atoms with Crippen molar-refractivity contribution < 1.29 is 37.6 Å². The quantitative estimate of drug-likeness (QED) is 0.332. The van der Waals surface area contributed by atoms with E-state index in [-0.39, 0.29) is 38.4 Å². The molecule has 0 N–H and O–H groups in total. The summed E-state index contributed by atoms with van der Waals surface area (Å²) in [6.07, 6.45) is 0. The molecule has 0 saturated heterocycles. The Labute approximate surface area is 66.8 Å². The third-order valence-electron chi connectivity index (χ3n) is 0.288. The molecule has 0 spiro atoms. The van der Waals surface area contributed by atoms with Gasteiger partial charge in [0.25, 0.3) is 0 Å². The Balaban J connectivity index is 0. The molecule has 0 aliphatic carbocycles. The van der Waals surface area contributed by atoms with Crippen LogP contribution in [0.4, 0.5) is 0 Å². The van der Waals surface area contributed by atoms with Gasteiger partial charge in [-0.2, -0.15) is 0 Å². The minimum Gasteiger partial charge on any atom is -0.436 e. The molecule has 0 aliphatic rings. The first kappa shape index (κ1) is 10.3. The molecule has 3 nitrogen and oxygen atoms in total. The Bertz CT molecular complexity index is 78.9. The summed E-state index contributed by atoms with van der Waals surface area (Å²) in [6.45, 7) is 5.89. The molecule has 0 rings (SSSR count). The van der Waals surface area contributed by atoms with Gasteiger partial charge >= 0.3 is 0 Å². The van der Waals surface area contributed by atoms with E-state index in [1.165, 1.54) is 6.92 Å². The van der Waals surface area contributed by atoms with Gasteiger partial charge in [0.2, 0.25) is 0 Å². The first-order valence-corrected chi connectivity index (χ1v) is 1.38. The number of nitro groups is 1. The molecule has 0 aromatic carbocycles. The zero-order chi connectivity index (χ0) is 5.15. The summed E-state index contributed by atoms with van der Waals surface area (Å²) in [5.41, 5.74) is -0.269. The zero-order valence-electron chi connectivity index (χ0n) is 3.92. The van der Waals surface area contributed by atoms with Crippen LogP contribution in [0.15, 0.2) is 5.70 Å². The van der Waals surface area contributed by atoms with Crippen LogP contribution in [0.3, 0.4) is 0 Å². The molecule has 0 aromatic rings. The van der Waals surface area contributed by atoms with Crippen LogP contribution in [0.1, 0.15) is 6.92 Å². The van der Waals surface area contributed by atoms with Gasteiger partial charge in [0.05, 0.1) is 5.70 Å². The van der Waals surface area contributed by atoms with Gasteiger partial charge in [-0.1, -0.05) is 0 Å². The van der Waals surface area contributed by atoms with Gasteiger partial charge in [-0.25, -0.2) is 0 Å². The van der Waals surface area contributed by atoms with E-state index in [0.29, 0.717) is 0 Å². The molecule has 1 radical (unpaired) electrons. The first-order valence-electron chi connectivity index (χ1n) is 1.38. The summed E-state index contributed by atoms with van der Waals surface area (Å²) in [5, 5.41) is 9.34. The zero-order valence-corrected chi connectivity index (χ0v) is 6.76. The molecule has 4 heteroatoms. The Morgan fingerprint density at radius 1 is 1.86 bits per heavy atom. The largest absolute Gasteiger partial charge is 0.436 e. The maximum Gasteiger partial charge on any atom is 0.0657 e. The van der Waals surface area contributed by atoms with E-state index in [1.807, 2.05) is 0 Å². The molecule has 0 unspecified atom stereocenters. The van der Waals surface area contributed by atoms with E-state index < -0.39 is 4.92 Å². The second-order valence-electron chi connectivity index (χ2n) is 0.898. The van der Waals surface area contributed by atoms with Crippen LogP contribution < -0.4 is 0 Å². The predicted octanol–water partition coefficient (Wildman–Crippen LogP) is 0.597. The van der Waals surface area contributed by atoms with Crippen LogP contribution in [0.25, 0.3) is 0 Å². The first-order chi connectivity index (χ1) is 2.64. The number of hydrogen-bond acceptors (Lipinski definition) is 2. The average molecular weight is 175 g/mol. The molecule has 0 atom stereocenters. The molecule has 0 aromatic heterocycles. The summed E-state index contributed by atoms with van der Waals surface area (Å²) < 4.78 is 0. The van der Waals surface area contributed by atoms with Gasteiger partial charge in [0, 0.05) is 37.6 Å². The Kier molecular flexibility index (Phi) is 6.46. The van der Waals surface area contributed by atoms with Crippen LogP contribution in [0, 0.1) is 16.7 Å². The molecule has 0 fully saturated rings. The van der Waals surface area contributed by atoms with E-state index in [9.17, 15) is 10.1 Å². The van der Waals surface area contributed by atoms with Crippen molar-refractivity contribution in [2.24, 2.45) is 0 Å². The van der Waals surface area contributed by atoms with Crippen LogP contribution in [0.2, 0.25) is 0 Å². The minimum atomic E-state index is -0.639. The van der Waals surface area contributed by atoms with Gasteiger partial charge in [-0.15, -0.1) is 0 Å². The van der Waals surface area contributed by atoms with Gasteiger partial charge < -0.3 is 6.58 Å². The number of hydrogen-bond donors (Lipinski definition) is 0. The van der Waals surface area contributed by atoms with Crippen molar-refractivity contribution in [1.29, 1.82) is 0 Å². The minimum absolute atomic E-state index is 0. The van der Waals surface area contributed by atoms with Gasteiger partial charge in [-0.3, -0.25) is 10.1 Å². The fraction of sp³-hybridized carbons (Fsp3) is 0.333. The summed E-state index contributed by atoms with van der Waals surface area (Å²) in [6, 6.07) is 0. The SMILES string of the molecule is [CH-]=C(C)[N+](=O)[O-].[Y]. The predicted molar refractivity (Wildman–Crippen MR) is 20.5 cm³/mol. The molecule has 0 amide bonds. The Hall–Kier alpha value is 0.244. The van der Waals surface area contributed by atoms with Crippen molar-refractivity contribution in [2.75, 3.05) is 0 Å². The molecule has 0 heterocycles. The summed E-state index contributed by atoms with van der Waals surface area (Å²) in [4.78, 5) is 8.70. The third-order valence-corrected chi connectivity index (χ3v) is 0.288. The molecular formula is C3H4NO2Y-. The maximum atomic E-state index is 9.34. The maximum absolute atomic E-state index is 9.34. The van der Waals surface area contributed by atoms with Crippen LogP contribution >= 0.6 is 0 Å². The van der Waals surface area contributed by atoms with Crippen molar-refractivity contribution in [2.45, 2.75) is 6.92 Å². The molecular weight excluding hydrogens is 171 g/mol. The standard InChI is InChI=1S/C3H4NO2.Y/c1-3(2)4(5)6;/h1H,2H3;/q-1;. The molecule has 37 valence electrons. The summed E-state index contributed by atoms with van der Waals surface area (Å²) >= 11 is 0. The second kappa shape index (κ2) is 4.40. The van der Waals surface area contributed by atoms with Crippen molar-refractivity contribution in [3.05, 3.63) is 22.4 Å². The van der Waals surface area contributed by atoms with E-state index in [4.69, 9.17) is 0 Å². The molecule has 0 saturated carbocycles. The monoisotopic (exact) mass is 175 g/mol. The van der Waals surface area contributed by atoms with Crippen LogP contribution in [-0.4, -0.2) is 4.92 Å². The number of rotatable bonds is 1. The van der Waals surface area contributed by atoms with E-state index in [0.717, 1.165) is 0 Å². The normalized spacial score (nSPS) is 6.43. The van der Waals surface area contributed by atoms with Gasteiger partial charge in [0.15, 0.2) is 0 Å². The molecule has 7 heavy (non-hydrogen) atoms. The number of nitrogens with zero attached hydrogens (tertiary/aromatic N) is 1. The second-order valence-corrected chi connectivity index (χ2v) is 0.898. The van der Waals surface area contributed by atoms with Crippen molar-refractivity contribution in [1.82, 2.24) is 0 Å².